The lowest BCUT2D eigenvalue weighted by atomic mass is 10.1. The third-order valence-corrected chi connectivity index (χ3v) is 2.70. The zero-order valence-electron chi connectivity index (χ0n) is 9.91. The predicted octanol–water partition coefficient (Wildman–Crippen LogP) is 1.87. The third-order valence-electron chi connectivity index (χ3n) is 2.39. The highest BCUT2D eigenvalue weighted by Crippen LogP contribution is 2.31. The number of hydrogen-bond donors (Lipinski definition) is 2. The number of nitro benzene ring substituents is 1. The molecule has 8 nitrogen and oxygen atoms in total. The Kier molecular flexibility index (Phi) is 3.76. The first-order chi connectivity index (χ1) is 9.49. The van der Waals surface area contributed by atoms with Crippen molar-refractivity contribution in [2.45, 2.75) is 0 Å². The molecular formula is C11H8ClN5O3. The van der Waals surface area contributed by atoms with Gasteiger partial charge >= 0.3 is 0 Å². The molecule has 0 saturated heterocycles. The topological polar surface area (TPSA) is 124 Å². The number of rotatable bonds is 3. The molecule has 2 rings (SSSR count). The summed E-state index contributed by atoms with van der Waals surface area (Å²) in [6.45, 7) is 0. The van der Waals surface area contributed by atoms with E-state index in [9.17, 15) is 14.9 Å². The van der Waals surface area contributed by atoms with Gasteiger partial charge in [-0.25, -0.2) is 9.97 Å². The number of halogens is 1. The molecule has 0 unspecified atom stereocenters. The summed E-state index contributed by atoms with van der Waals surface area (Å²) in [7, 11) is 0. The van der Waals surface area contributed by atoms with E-state index in [4.69, 9.17) is 17.3 Å². The fourth-order valence-corrected chi connectivity index (χ4v) is 1.67. The Balaban J connectivity index is 2.33. The second kappa shape index (κ2) is 5.49. The van der Waals surface area contributed by atoms with Crippen molar-refractivity contribution < 1.29 is 9.72 Å². The number of anilines is 2. The fraction of sp³-hybridized carbons (Fsp3) is 0. The first-order valence-electron chi connectivity index (χ1n) is 5.29. The Morgan fingerprint density at radius 1 is 1.35 bits per heavy atom. The van der Waals surface area contributed by atoms with Crippen molar-refractivity contribution in [2.75, 3.05) is 11.1 Å². The second-order valence-corrected chi connectivity index (χ2v) is 4.14. The van der Waals surface area contributed by atoms with Crippen LogP contribution in [-0.4, -0.2) is 20.8 Å². The number of benzene rings is 1. The van der Waals surface area contributed by atoms with Crippen LogP contribution in [0.25, 0.3) is 0 Å². The zero-order valence-corrected chi connectivity index (χ0v) is 10.7. The molecular weight excluding hydrogens is 286 g/mol. The van der Waals surface area contributed by atoms with Crippen molar-refractivity contribution in [1.82, 2.24) is 9.97 Å². The van der Waals surface area contributed by atoms with Crippen molar-refractivity contribution in [1.29, 1.82) is 0 Å². The summed E-state index contributed by atoms with van der Waals surface area (Å²) < 4.78 is 0. The summed E-state index contributed by atoms with van der Waals surface area (Å²) in [6.07, 6.45) is 4.08. The number of nitrogens with one attached hydrogen (secondary N) is 1. The van der Waals surface area contributed by atoms with Crippen molar-refractivity contribution in [3.8, 4) is 0 Å². The molecule has 1 aromatic carbocycles. The molecule has 1 amide bonds. The molecule has 9 heteroatoms. The smallest absolute Gasteiger partial charge is 0.294 e. The number of carbonyl (C=O) groups excluding carboxylic acids is 1. The van der Waals surface area contributed by atoms with E-state index >= 15 is 0 Å². The molecule has 0 spiro atoms. The highest BCUT2D eigenvalue weighted by Gasteiger charge is 2.19. The maximum Gasteiger partial charge on any atom is 0.294 e. The van der Waals surface area contributed by atoms with Crippen LogP contribution in [0.2, 0.25) is 5.02 Å². The third kappa shape index (κ3) is 2.81. The van der Waals surface area contributed by atoms with Gasteiger partial charge in [-0.15, -0.1) is 0 Å². The highest BCUT2D eigenvalue weighted by molar-refractivity contribution is 6.34. The van der Waals surface area contributed by atoms with E-state index in [2.05, 4.69) is 15.3 Å². The molecule has 1 aromatic heterocycles. The summed E-state index contributed by atoms with van der Waals surface area (Å²) in [5.74, 6) is -0.579. The van der Waals surface area contributed by atoms with Gasteiger partial charge in [-0.1, -0.05) is 11.6 Å². The first kappa shape index (κ1) is 13.7. The largest absolute Gasteiger partial charge is 0.392 e. The number of amides is 1. The Bertz CT molecular complexity index is 677. The molecule has 20 heavy (non-hydrogen) atoms. The monoisotopic (exact) mass is 293 g/mol. The lowest BCUT2D eigenvalue weighted by Crippen LogP contribution is -2.13. The van der Waals surface area contributed by atoms with E-state index in [1.165, 1.54) is 24.8 Å². The SMILES string of the molecule is Nc1c(Cl)cc(C(=O)Nc2cncnc2)cc1[N+](=O)[O-]. The highest BCUT2D eigenvalue weighted by atomic mass is 35.5. The molecule has 0 saturated carbocycles. The summed E-state index contributed by atoms with van der Waals surface area (Å²) in [6, 6.07) is 2.31. The van der Waals surface area contributed by atoms with Gasteiger partial charge in [0, 0.05) is 11.6 Å². The molecule has 0 radical (unpaired) electrons. The Morgan fingerprint density at radius 3 is 2.60 bits per heavy atom. The molecule has 0 aliphatic rings. The number of nitrogens with two attached hydrogens (primary N) is 1. The minimum absolute atomic E-state index is 0.0137. The maximum atomic E-state index is 12.0. The minimum Gasteiger partial charge on any atom is -0.392 e. The van der Waals surface area contributed by atoms with Gasteiger partial charge in [0.1, 0.15) is 12.0 Å². The van der Waals surface area contributed by atoms with Gasteiger partial charge in [0.15, 0.2) is 0 Å². The average Bonchev–Trinajstić information content (AvgIpc) is 2.42. The fourth-order valence-electron chi connectivity index (χ4n) is 1.45. The molecule has 0 bridgehead atoms. The Labute approximate surface area is 117 Å². The zero-order chi connectivity index (χ0) is 14.7. The molecule has 0 fully saturated rings. The molecule has 0 aliphatic carbocycles. The molecule has 3 N–H and O–H groups in total. The number of aromatic nitrogens is 2. The molecule has 2 aromatic rings. The predicted molar refractivity (Wildman–Crippen MR) is 72.5 cm³/mol. The van der Waals surface area contributed by atoms with Gasteiger partial charge in [-0.2, -0.15) is 0 Å². The lowest BCUT2D eigenvalue weighted by Gasteiger charge is -2.06. The Morgan fingerprint density at radius 2 is 2.00 bits per heavy atom. The standard InChI is InChI=1S/C11H8ClN5O3/c12-8-1-6(2-9(10(8)13)17(19)20)11(18)16-7-3-14-5-15-4-7/h1-5H,13H2,(H,16,18). The van der Waals surface area contributed by atoms with Gasteiger partial charge in [0.2, 0.25) is 0 Å². The van der Waals surface area contributed by atoms with E-state index < -0.39 is 16.5 Å². The van der Waals surface area contributed by atoms with Crippen LogP contribution in [0.3, 0.4) is 0 Å². The van der Waals surface area contributed by atoms with Crippen molar-refractivity contribution in [2.24, 2.45) is 0 Å². The van der Waals surface area contributed by atoms with Crippen LogP contribution < -0.4 is 11.1 Å². The van der Waals surface area contributed by atoms with Crippen LogP contribution in [0.5, 0.6) is 0 Å². The van der Waals surface area contributed by atoms with Gasteiger partial charge in [-0.05, 0) is 6.07 Å². The van der Waals surface area contributed by atoms with Gasteiger partial charge in [0.25, 0.3) is 11.6 Å². The van der Waals surface area contributed by atoms with E-state index in [1.807, 2.05) is 0 Å². The number of carbonyl (C=O) groups is 1. The summed E-state index contributed by atoms with van der Waals surface area (Å²) in [5, 5.41) is 13.2. The van der Waals surface area contributed by atoms with E-state index in [0.29, 0.717) is 5.69 Å². The van der Waals surface area contributed by atoms with E-state index in [0.717, 1.165) is 6.07 Å². The summed E-state index contributed by atoms with van der Waals surface area (Å²) >= 11 is 5.78. The van der Waals surface area contributed by atoms with Crippen LogP contribution in [0.15, 0.2) is 30.9 Å². The number of hydrogen-bond acceptors (Lipinski definition) is 6. The summed E-state index contributed by atoms with van der Waals surface area (Å²) in [4.78, 5) is 29.5. The van der Waals surface area contributed by atoms with Crippen LogP contribution in [0.1, 0.15) is 10.4 Å². The first-order valence-corrected chi connectivity index (χ1v) is 5.66. The number of nitro groups is 1. The van der Waals surface area contributed by atoms with Gasteiger partial charge < -0.3 is 11.1 Å². The van der Waals surface area contributed by atoms with Crippen LogP contribution in [-0.2, 0) is 0 Å². The quantitative estimate of drug-likeness (QED) is 0.505. The number of nitrogen functional groups attached to an aromatic ring is 1. The van der Waals surface area contributed by atoms with E-state index in [1.54, 1.807) is 0 Å². The van der Waals surface area contributed by atoms with E-state index in [-0.39, 0.29) is 16.3 Å². The molecule has 102 valence electrons. The van der Waals surface area contributed by atoms with Crippen LogP contribution in [0.4, 0.5) is 17.1 Å². The van der Waals surface area contributed by atoms with Crippen molar-refractivity contribution >= 4 is 34.6 Å². The summed E-state index contributed by atoms with van der Waals surface area (Å²) in [5.41, 5.74) is 5.24. The van der Waals surface area contributed by atoms with Gasteiger partial charge in [-0.3, -0.25) is 14.9 Å². The van der Waals surface area contributed by atoms with Crippen LogP contribution in [0, 0.1) is 10.1 Å². The second-order valence-electron chi connectivity index (χ2n) is 3.73. The number of nitrogens with zero attached hydrogens (tertiary/aromatic N) is 3. The van der Waals surface area contributed by atoms with Crippen LogP contribution >= 0.6 is 11.6 Å². The minimum atomic E-state index is -0.705. The van der Waals surface area contributed by atoms with Crippen molar-refractivity contribution in [3.63, 3.8) is 0 Å². The average molecular weight is 294 g/mol. The molecule has 0 atom stereocenters. The van der Waals surface area contributed by atoms with Gasteiger partial charge in [0.05, 0.1) is 28.0 Å². The lowest BCUT2D eigenvalue weighted by molar-refractivity contribution is -0.383. The molecule has 1 heterocycles. The van der Waals surface area contributed by atoms with Crippen molar-refractivity contribution in [3.05, 3.63) is 51.6 Å². The normalized spacial score (nSPS) is 10.1. The molecule has 0 aliphatic heterocycles. The Hall–Kier alpha value is -2.74. The maximum absolute atomic E-state index is 12.0.